The van der Waals surface area contributed by atoms with Crippen molar-refractivity contribution in [2.75, 3.05) is 6.61 Å². The van der Waals surface area contributed by atoms with Gasteiger partial charge in [0.1, 0.15) is 31.0 Å². The van der Waals surface area contributed by atoms with E-state index in [1.807, 2.05) is 0 Å². The number of aliphatic hydroxyl groups is 3. The summed E-state index contributed by atoms with van der Waals surface area (Å²) in [7, 11) is 0. The Labute approximate surface area is 417 Å². The molecule has 0 aromatic carbocycles. The van der Waals surface area contributed by atoms with Crippen LogP contribution in [0.15, 0.2) is 36.0 Å². The fraction of sp³-hybridized carbons (Fsp3) is 0.885. The van der Waals surface area contributed by atoms with Crippen molar-refractivity contribution >= 4 is 5.97 Å². The number of fused-ring (bicyclic) bond motifs is 5. The molecule has 1 heterocycles. The first-order valence-corrected chi connectivity index (χ1v) is 29.3. The van der Waals surface area contributed by atoms with Gasteiger partial charge in [0.25, 0.3) is 0 Å². The molecule has 0 spiro atoms. The third-order valence-corrected chi connectivity index (χ3v) is 19.0. The molecule has 4 fully saturated rings. The number of carbonyl (C=O) groups excluding carboxylic acids is 1. The fourth-order valence-electron chi connectivity index (χ4n) is 14.5. The monoisotopic (exact) mass is 951 g/mol. The zero-order valence-corrected chi connectivity index (χ0v) is 45.0. The predicted molar refractivity (Wildman–Crippen MR) is 281 cm³/mol. The Morgan fingerprint density at radius 3 is 2.00 bits per heavy atom. The highest BCUT2D eigenvalue weighted by atomic mass is 16.7. The van der Waals surface area contributed by atoms with E-state index in [0.717, 1.165) is 86.9 Å². The van der Waals surface area contributed by atoms with Gasteiger partial charge in [-0.3, -0.25) is 4.79 Å². The van der Waals surface area contributed by atoms with E-state index in [9.17, 15) is 20.1 Å². The minimum absolute atomic E-state index is 0.144. The Morgan fingerprint density at radius 2 is 1.37 bits per heavy atom. The van der Waals surface area contributed by atoms with Crippen molar-refractivity contribution in [2.24, 2.45) is 52.3 Å². The molecule has 5 rings (SSSR count). The van der Waals surface area contributed by atoms with Crippen LogP contribution >= 0.6 is 0 Å². The van der Waals surface area contributed by atoms with Crippen LogP contribution in [-0.2, 0) is 19.0 Å². The highest BCUT2D eigenvalue weighted by Crippen LogP contribution is 2.67. The topological polar surface area (TPSA) is 105 Å². The summed E-state index contributed by atoms with van der Waals surface area (Å²) >= 11 is 0. The van der Waals surface area contributed by atoms with E-state index in [1.165, 1.54) is 147 Å². The van der Waals surface area contributed by atoms with Crippen molar-refractivity contribution in [3.05, 3.63) is 36.0 Å². The van der Waals surface area contributed by atoms with Crippen LogP contribution in [-0.4, -0.2) is 64.7 Å². The van der Waals surface area contributed by atoms with E-state index in [0.29, 0.717) is 17.8 Å². The first-order valence-electron chi connectivity index (χ1n) is 29.3. The van der Waals surface area contributed by atoms with Crippen LogP contribution in [0.3, 0.4) is 0 Å². The summed E-state index contributed by atoms with van der Waals surface area (Å²) in [6, 6.07) is 0. The van der Waals surface area contributed by atoms with Gasteiger partial charge in [0.15, 0.2) is 6.29 Å². The molecule has 3 saturated carbocycles. The first kappa shape index (κ1) is 57.4. The molecule has 5 aliphatic rings. The van der Waals surface area contributed by atoms with Crippen molar-refractivity contribution in [2.45, 2.75) is 284 Å². The average Bonchev–Trinajstić information content (AvgIpc) is 3.69. The standard InChI is InChI=1S/C61H106O7/c1-8-10-11-12-13-14-15-16-17-18-19-20-21-22-23-24-25-26-27-28-29-30-31-32-55(62)66-44-54-56(63)57(64)58(65)59(68-54)67-49-39-41-60(6)48(43-49)35-36-50-52-38-37-51(61(52,7)42-40-53(50)60)46(5)33-34-47(9-2)45(3)4/h15-16,18-19,35,45-47,49-54,56-59,63-65H,8-14,17,20-34,36-44H2,1-7H3/b16-15-,19-18-. The highest BCUT2D eigenvalue weighted by molar-refractivity contribution is 5.69. The van der Waals surface area contributed by atoms with Gasteiger partial charge in [0.2, 0.25) is 0 Å². The normalized spacial score (nSPS) is 33.7. The smallest absolute Gasteiger partial charge is 0.305 e. The minimum Gasteiger partial charge on any atom is -0.463 e. The molecule has 7 heteroatoms. The zero-order chi connectivity index (χ0) is 48.9. The molecule has 14 atom stereocenters. The Hall–Kier alpha value is -1.51. The van der Waals surface area contributed by atoms with Crippen LogP contribution in [0.4, 0.5) is 0 Å². The van der Waals surface area contributed by atoms with Gasteiger partial charge in [0, 0.05) is 6.42 Å². The summed E-state index contributed by atoms with van der Waals surface area (Å²) in [4.78, 5) is 12.7. The number of aliphatic hydroxyl groups excluding tert-OH is 3. The summed E-state index contributed by atoms with van der Waals surface area (Å²) in [5.74, 6) is 5.21. The van der Waals surface area contributed by atoms with E-state index in [4.69, 9.17) is 14.2 Å². The van der Waals surface area contributed by atoms with Gasteiger partial charge in [-0.05, 0) is 149 Å². The molecule has 0 radical (unpaired) electrons. The van der Waals surface area contributed by atoms with E-state index >= 15 is 0 Å². The van der Waals surface area contributed by atoms with Crippen LogP contribution in [0, 0.1) is 52.3 Å². The molecule has 68 heavy (non-hydrogen) atoms. The van der Waals surface area contributed by atoms with Crippen LogP contribution in [0.2, 0.25) is 0 Å². The van der Waals surface area contributed by atoms with Gasteiger partial charge in [-0.1, -0.05) is 181 Å². The fourth-order valence-corrected chi connectivity index (χ4v) is 14.5. The third kappa shape index (κ3) is 16.5. The molecular weight excluding hydrogens is 845 g/mol. The SMILES string of the molecule is CCCCCCC/C=C\C/C=C\CCCCCCCCCCCCCC(=O)OCC1OC(OC2CCC3(C)C(=CCC4C3CCC3(C)C(C(C)CCC(CC)C(C)C)CCC43)C2)C(O)C(O)C1O. The van der Waals surface area contributed by atoms with Gasteiger partial charge < -0.3 is 29.5 Å². The number of unbranched alkanes of at least 4 members (excludes halogenated alkanes) is 16. The lowest BCUT2D eigenvalue weighted by Gasteiger charge is -2.58. The van der Waals surface area contributed by atoms with Crippen LogP contribution < -0.4 is 0 Å². The number of carbonyl (C=O) groups is 1. The van der Waals surface area contributed by atoms with E-state index in [-0.39, 0.29) is 24.1 Å². The first-order chi connectivity index (χ1) is 32.8. The van der Waals surface area contributed by atoms with Crippen LogP contribution in [0.25, 0.3) is 0 Å². The van der Waals surface area contributed by atoms with Gasteiger partial charge in [-0.25, -0.2) is 0 Å². The molecule has 3 N–H and O–H groups in total. The molecule has 4 aliphatic carbocycles. The average molecular weight is 952 g/mol. The lowest BCUT2D eigenvalue weighted by molar-refractivity contribution is -0.313. The van der Waals surface area contributed by atoms with Crippen molar-refractivity contribution < 1.29 is 34.3 Å². The van der Waals surface area contributed by atoms with Crippen LogP contribution in [0.1, 0.15) is 248 Å². The second-order valence-electron chi connectivity index (χ2n) is 24.0. The minimum atomic E-state index is -1.45. The summed E-state index contributed by atoms with van der Waals surface area (Å²) in [6.07, 6.45) is 42.8. The van der Waals surface area contributed by atoms with Gasteiger partial charge >= 0.3 is 5.97 Å². The lowest BCUT2D eigenvalue weighted by atomic mass is 9.47. The van der Waals surface area contributed by atoms with Crippen molar-refractivity contribution in [1.29, 1.82) is 0 Å². The third-order valence-electron chi connectivity index (χ3n) is 19.0. The summed E-state index contributed by atoms with van der Waals surface area (Å²) in [5.41, 5.74) is 2.12. The number of allylic oxidation sites excluding steroid dienone is 5. The number of ether oxygens (including phenoxy) is 3. The lowest BCUT2D eigenvalue weighted by Crippen LogP contribution is -2.60. The van der Waals surface area contributed by atoms with E-state index < -0.39 is 30.7 Å². The largest absolute Gasteiger partial charge is 0.463 e. The van der Waals surface area contributed by atoms with Gasteiger partial charge in [0.05, 0.1) is 6.10 Å². The molecule has 14 unspecified atom stereocenters. The van der Waals surface area contributed by atoms with Crippen LogP contribution in [0.5, 0.6) is 0 Å². The number of esters is 1. The predicted octanol–water partition coefficient (Wildman–Crippen LogP) is 15.3. The molecule has 1 saturated heterocycles. The number of hydrogen-bond acceptors (Lipinski definition) is 7. The molecular formula is C61H106O7. The second kappa shape index (κ2) is 29.9. The Bertz CT molecular complexity index is 1500. The Kier molecular flexibility index (Phi) is 25.2. The number of hydrogen-bond donors (Lipinski definition) is 3. The van der Waals surface area contributed by atoms with E-state index in [2.05, 4.69) is 78.8 Å². The summed E-state index contributed by atoms with van der Waals surface area (Å²) < 4.78 is 18.1. The maximum absolute atomic E-state index is 12.7. The second-order valence-corrected chi connectivity index (χ2v) is 24.0. The van der Waals surface area contributed by atoms with Crippen molar-refractivity contribution in [3.63, 3.8) is 0 Å². The molecule has 0 amide bonds. The molecule has 0 aromatic heterocycles. The van der Waals surface area contributed by atoms with Crippen molar-refractivity contribution in [3.8, 4) is 0 Å². The molecule has 1 aliphatic heterocycles. The molecule has 392 valence electrons. The highest BCUT2D eigenvalue weighted by Gasteiger charge is 2.59. The molecule has 0 aromatic rings. The van der Waals surface area contributed by atoms with Gasteiger partial charge in [-0.15, -0.1) is 0 Å². The van der Waals surface area contributed by atoms with E-state index in [1.54, 1.807) is 0 Å². The maximum Gasteiger partial charge on any atom is 0.305 e. The molecule has 0 bridgehead atoms. The van der Waals surface area contributed by atoms with Gasteiger partial charge in [-0.2, -0.15) is 0 Å². The van der Waals surface area contributed by atoms with Crippen molar-refractivity contribution in [1.82, 2.24) is 0 Å². The maximum atomic E-state index is 12.7. The molecule has 7 nitrogen and oxygen atoms in total. The quantitative estimate of drug-likeness (QED) is 0.0350. The Balaban J connectivity index is 0.925. The zero-order valence-electron chi connectivity index (χ0n) is 45.0. The summed E-state index contributed by atoms with van der Waals surface area (Å²) in [6.45, 7) is 17.0. The number of rotatable bonds is 32. The Morgan fingerprint density at radius 1 is 0.735 bits per heavy atom. The summed E-state index contributed by atoms with van der Waals surface area (Å²) in [5, 5.41) is 32.7.